The number of aryl methyl sites for hydroxylation is 1. The first kappa shape index (κ1) is 19.2. The number of anilines is 1. The molecule has 146 valence electrons. The van der Waals surface area contributed by atoms with E-state index < -0.39 is 5.91 Å². The lowest BCUT2D eigenvalue weighted by Gasteiger charge is -2.11. The van der Waals surface area contributed by atoms with Gasteiger partial charge in [-0.3, -0.25) is 4.79 Å². The number of phenolic OH excluding ortho intramolecular Hbond substituents is 1. The number of nitrogens with zero attached hydrogens (tertiary/aromatic N) is 4. The number of hydrogen-bond donors (Lipinski definition) is 2. The van der Waals surface area contributed by atoms with Gasteiger partial charge in [0.05, 0.1) is 17.8 Å². The van der Waals surface area contributed by atoms with Crippen LogP contribution >= 0.6 is 11.5 Å². The second kappa shape index (κ2) is 8.11. The monoisotopic (exact) mass is 413 g/mol. The molecule has 0 aliphatic rings. The number of nitrogens with one attached hydrogen (secondary N) is 1. The number of hydrogen-bond acceptors (Lipinski definition) is 6. The molecule has 0 fully saturated rings. The molecule has 0 unspecified atom stereocenters. The lowest BCUT2D eigenvalue weighted by atomic mass is 10.0. The highest BCUT2D eigenvalue weighted by Gasteiger charge is 2.19. The van der Waals surface area contributed by atoms with E-state index in [1.807, 2.05) is 36.4 Å². The van der Waals surface area contributed by atoms with Crippen LogP contribution in [0.3, 0.4) is 0 Å². The van der Waals surface area contributed by atoms with E-state index >= 15 is 0 Å². The second-order valence-corrected chi connectivity index (χ2v) is 7.15. The Hall–Kier alpha value is -4.09. The van der Waals surface area contributed by atoms with E-state index in [1.54, 1.807) is 31.2 Å². The molecule has 0 aliphatic heterocycles. The topological polar surface area (TPSA) is 91.3 Å². The summed E-state index contributed by atoms with van der Waals surface area (Å²) in [5.41, 5.74) is 1.75. The summed E-state index contributed by atoms with van der Waals surface area (Å²) >= 11 is 1.06. The largest absolute Gasteiger partial charge is 0.505 e. The SMILES string of the molecule is [C-]#[N+]c1c(C)nsc1N=Nc1c(O)c(C(=O)Nc2ccccc2)cc2ccccc12. The Kier molecular flexibility index (Phi) is 5.20. The van der Waals surface area contributed by atoms with Crippen LogP contribution in [-0.4, -0.2) is 15.4 Å². The van der Waals surface area contributed by atoms with Gasteiger partial charge in [0, 0.05) is 11.1 Å². The van der Waals surface area contributed by atoms with Crippen molar-refractivity contribution < 1.29 is 9.90 Å². The first-order valence-corrected chi connectivity index (χ1v) is 9.72. The van der Waals surface area contributed by atoms with Gasteiger partial charge < -0.3 is 10.4 Å². The zero-order valence-electron chi connectivity index (χ0n) is 15.8. The number of aromatic hydroxyl groups is 1. The van der Waals surface area contributed by atoms with E-state index in [2.05, 4.69) is 24.8 Å². The van der Waals surface area contributed by atoms with E-state index in [-0.39, 0.29) is 17.0 Å². The van der Waals surface area contributed by atoms with Crippen LogP contribution in [0.2, 0.25) is 0 Å². The van der Waals surface area contributed by atoms with Crippen LogP contribution in [0.25, 0.3) is 15.6 Å². The second-order valence-electron chi connectivity index (χ2n) is 6.40. The Morgan fingerprint density at radius 2 is 1.87 bits per heavy atom. The number of carbonyl (C=O) groups is 1. The maximum absolute atomic E-state index is 12.8. The Labute approximate surface area is 176 Å². The zero-order chi connectivity index (χ0) is 21.1. The number of rotatable bonds is 4. The first-order chi connectivity index (χ1) is 14.6. The zero-order valence-corrected chi connectivity index (χ0v) is 16.6. The summed E-state index contributed by atoms with van der Waals surface area (Å²) in [6.45, 7) is 9.01. The summed E-state index contributed by atoms with van der Waals surface area (Å²) in [4.78, 5) is 16.3. The highest BCUT2D eigenvalue weighted by atomic mass is 32.1. The van der Waals surface area contributed by atoms with Crippen LogP contribution in [0, 0.1) is 13.5 Å². The van der Waals surface area contributed by atoms with Gasteiger partial charge in [0.15, 0.2) is 10.8 Å². The van der Waals surface area contributed by atoms with Crippen LogP contribution in [0.4, 0.5) is 22.1 Å². The smallest absolute Gasteiger partial charge is 0.259 e. The Bertz CT molecular complexity index is 1320. The number of fused-ring (bicyclic) bond motifs is 1. The average Bonchev–Trinajstić information content (AvgIpc) is 3.12. The van der Waals surface area contributed by atoms with Crippen LogP contribution in [0.5, 0.6) is 5.75 Å². The molecule has 7 nitrogen and oxygen atoms in total. The van der Waals surface area contributed by atoms with E-state index in [1.165, 1.54) is 0 Å². The Morgan fingerprint density at radius 1 is 1.13 bits per heavy atom. The van der Waals surface area contributed by atoms with Gasteiger partial charge in [0.1, 0.15) is 5.69 Å². The summed E-state index contributed by atoms with van der Waals surface area (Å²) in [6.07, 6.45) is 0. The molecule has 1 amide bonds. The van der Waals surface area contributed by atoms with E-state index in [9.17, 15) is 9.90 Å². The number of aromatic nitrogens is 1. The molecule has 0 atom stereocenters. The van der Waals surface area contributed by atoms with Crippen LogP contribution in [-0.2, 0) is 0 Å². The fourth-order valence-corrected chi connectivity index (χ4v) is 3.62. The molecule has 0 bridgehead atoms. The molecular formula is C22H15N5O2S. The molecule has 2 N–H and O–H groups in total. The quantitative estimate of drug-likeness (QED) is 0.294. The standard InChI is InChI=1S/C22H15N5O2S/c1-13-18(23-2)22(30-27-13)26-25-19-16-11-7-6-8-14(16)12-17(20(19)28)21(29)24-15-9-4-3-5-10-15/h3-12,28H,1H3,(H,24,29). The normalized spacial score (nSPS) is 10.9. The molecule has 30 heavy (non-hydrogen) atoms. The lowest BCUT2D eigenvalue weighted by Crippen LogP contribution is -2.12. The van der Waals surface area contributed by atoms with Gasteiger partial charge in [0.25, 0.3) is 5.91 Å². The molecule has 3 aromatic carbocycles. The highest BCUT2D eigenvalue weighted by molar-refractivity contribution is 7.10. The molecule has 4 aromatic rings. The van der Waals surface area contributed by atoms with Gasteiger partial charge in [-0.1, -0.05) is 42.5 Å². The number of carbonyl (C=O) groups excluding carboxylic acids is 1. The van der Waals surface area contributed by atoms with Crippen molar-refractivity contribution >= 4 is 50.3 Å². The van der Waals surface area contributed by atoms with Crippen molar-refractivity contribution in [2.75, 3.05) is 5.32 Å². The molecule has 0 aliphatic carbocycles. The van der Waals surface area contributed by atoms with Crippen molar-refractivity contribution in [3.8, 4) is 5.75 Å². The van der Waals surface area contributed by atoms with Gasteiger partial charge in [-0.2, -0.15) is 0 Å². The maximum atomic E-state index is 12.8. The first-order valence-electron chi connectivity index (χ1n) is 8.95. The molecule has 1 aromatic heterocycles. The van der Waals surface area contributed by atoms with Crippen molar-refractivity contribution in [1.82, 2.24) is 4.37 Å². The third-order valence-corrected chi connectivity index (χ3v) is 5.25. The molecule has 0 saturated carbocycles. The molecule has 1 heterocycles. The fourth-order valence-electron chi connectivity index (χ4n) is 2.95. The molecule has 0 spiro atoms. The maximum Gasteiger partial charge on any atom is 0.259 e. The van der Waals surface area contributed by atoms with Crippen LogP contribution in [0.1, 0.15) is 16.1 Å². The predicted octanol–water partition coefficient (Wildman–Crippen LogP) is 6.53. The minimum absolute atomic E-state index is 0.0809. The van der Waals surface area contributed by atoms with Crippen molar-refractivity contribution in [3.63, 3.8) is 0 Å². The number of benzene rings is 3. The third-order valence-electron chi connectivity index (χ3n) is 4.44. The van der Waals surface area contributed by atoms with Crippen LogP contribution in [0.15, 0.2) is 70.9 Å². The van der Waals surface area contributed by atoms with E-state index in [0.29, 0.717) is 27.5 Å². The van der Waals surface area contributed by atoms with Crippen LogP contribution < -0.4 is 5.32 Å². The van der Waals surface area contributed by atoms with Crippen molar-refractivity contribution in [2.45, 2.75) is 6.92 Å². The van der Waals surface area contributed by atoms with Gasteiger partial charge >= 0.3 is 0 Å². The van der Waals surface area contributed by atoms with Crippen molar-refractivity contribution in [2.24, 2.45) is 10.2 Å². The Morgan fingerprint density at radius 3 is 2.63 bits per heavy atom. The fraction of sp³-hybridized carbons (Fsp3) is 0.0455. The minimum atomic E-state index is -0.462. The van der Waals surface area contributed by atoms with Gasteiger partial charge in [-0.05, 0) is 42.0 Å². The summed E-state index contributed by atoms with van der Waals surface area (Å²) in [7, 11) is 0. The molecule has 8 heteroatoms. The van der Waals surface area contributed by atoms with E-state index in [4.69, 9.17) is 6.57 Å². The molecule has 0 radical (unpaired) electrons. The molecular weight excluding hydrogens is 398 g/mol. The minimum Gasteiger partial charge on any atom is -0.505 e. The summed E-state index contributed by atoms with van der Waals surface area (Å²) < 4.78 is 4.12. The van der Waals surface area contributed by atoms with Crippen molar-refractivity contribution in [1.29, 1.82) is 0 Å². The molecule has 4 rings (SSSR count). The average molecular weight is 413 g/mol. The number of phenols is 1. The third kappa shape index (κ3) is 3.62. The summed E-state index contributed by atoms with van der Waals surface area (Å²) in [5, 5.41) is 23.7. The number of para-hydroxylation sites is 1. The van der Waals surface area contributed by atoms with Gasteiger partial charge in [-0.15, -0.1) is 10.2 Å². The predicted molar refractivity (Wildman–Crippen MR) is 117 cm³/mol. The number of amides is 1. The van der Waals surface area contributed by atoms with Crippen molar-refractivity contribution in [3.05, 3.63) is 83.3 Å². The summed E-state index contributed by atoms with van der Waals surface area (Å²) in [5.74, 6) is -0.743. The van der Waals surface area contributed by atoms with E-state index in [0.717, 1.165) is 16.9 Å². The molecule has 0 saturated heterocycles. The van der Waals surface area contributed by atoms with Gasteiger partial charge in [0.2, 0.25) is 5.69 Å². The Balaban J connectivity index is 1.80. The summed E-state index contributed by atoms with van der Waals surface area (Å²) in [6, 6.07) is 17.9. The van der Waals surface area contributed by atoms with Gasteiger partial charge in [-0.25, -0.2) is 9.22 Å². The number of azo groups is 1. The highest BCUT2D eigenvalue weighted by Crippen LogP contribution is 2.42. The lowest BCUT2D eigenvalue weighted by molar-refractivity contribution is 0.102.